The van der Waals surface area contributed by atoms with Gasteiger partial charge in [0, 0.05) is 11.3 Å². The SMILES string of the molecule is NC(=O)c1ccc(NC(=O)CSc2ncnc3c2cnn3-c2ccc(F)cc2)cc1. The molecule has 30 heavy (non-hydrogen) atoms. The lowest BCUT2D eigenvalue weighted by Crippen LogP contribution is -2.15. The summed E-state index contributed by atoms with van der Waals surface area (Å²) in [6.45, 7) is 0. The number of carbonyl (C=O) groups excluding carboxylic acids is 2. The van der Waals surface area contributed by atoms with E-state index >= 15 is 0 Å². The summed E-state index contributed by atoms with van der Waals surface area (Å²) in [5, 5.41) is 8.35. The minimum absolute atomic E-state index is 0.116. The number of benzene rings is 2. The molecule has 0 saturated carbocycles. The van der Waals surface area contributed by atoms with Gasteiger partial charge in [0.1, 0.15) is 17.2 Å². The standard InChI is InChI=1S/C20H15FN6O2S/c21-13-3-7-15(8-4-13)27-19-16(9-25-27)20(24-11-23-19)30-10-17(28)26-14-5-1-12(2-6-14)18(22)29/h1-9,11H,10H2,(H2,22,29)(H,26,28). The predicted molar refractivity (Wildman–Crippen MR) is 111 cm³/mol. The zero-order valence-corrected chi connectivity index (χ0v) is 16.3. The monoisotopic (exact) mass is 422 g/mol. The third kappa shape index (κ3) is 4.13. The van der Waals surface area contributed by atoms with Crippen LogP contribution in [-0.2, 0) is 4.79 Å². The van der Waals surface area contributed by atoms with Crippen LogP contribution in [-0.4, -0.2) is 37.3 Å². The first-order chi connectivity index (χ1) is 14.5. The highest BCUT2D eigenvalue weighted by atomic mass is 32.2. The molecule has 0 fully saturated rings. The van der Waals surface area contributed by atoms with Gasteiger partial charge in [-0.2, -0.15) is 5.10 Å². The maximum atomic E-state index is 13.2. The van der Waals surface area contributed by atoms with Crippen molar-refractivity contribution in [2.45, 2.75) is 5.03 Å². The van der Waals surface area contributed by atoms with Crippen molar-refractivity contribution in [1.29, 1.82) is 0 Å². The van der Waals surface area contributed by atoms with Gasteiger partial charge >= 0.3 is 0 Å². The van der Waals surface area contributed by atoms with Crippen molar-refractivity contribution in [3.05, 3.63) is 72.4 Å². The Balaban J connectivity index is 1.47. The molecule has 2 aromatic heterocycles. The van der Waals surface area contributed by atoms with E-state index < -0.39 is 5.91 Å². The highest BCUT2D eigenvalue weighted by molar-refractivity contribution is 8.00. The predicted octanol–water partition coefficient (Wildman–Crippen LogP) is 2.78. The normalized spacial score (nSPS) is 10.8. The van der Waals surface area contributed by atoms with E-state index in [2.05, 4.69) is 20.4 Å². The van der Waals surface area contributed by atoms with E-state index in [-0.39, 0.29) is 17.5 Å². The van der Waals surface area contributed by atoms with Crippen LogP contribution >= 0.6 is 11.8 Å². The number of thioether (sulfide) groups is 1. The summed E-state index contributed by atoms with van der Waals surface area (Å²) < 4.78 is 14.8. The number of halogens is 1. The van der Waals surface area contributed by atoms with Crippen molar-refractivity contribution in [2.24, 2.45) is 5.73 Å². The summed E-state index contributed by atoms with van der Waals surface area (Å²) >= 11 is 1.25. The molecule has 2 amide bonds. The lowest BCUT2D eigenvalue weighted by atomic mass is 10.2. The summed E-state index contributed by atoms with van der Waals surface area (Å²) in [7, 11) is 0. The number of rotatable bonds is 6. The lowest BCUT2D eigenvalue weighted by Gasteiger charge is -2.06. The molecule has 3 N–H and O–H groups in total. The molecular formula is C20H15FN6O2S. The van der Waals surface area contributed by atoms with Crippen molar-refractivity contribution in [3.63, 3.8) is 0 Å². The van der Waals surface area contributed by atoms with Gasteiger partial charge in [0.15, 0.2) is 5.65 Å². The molecule has 0 aliphatic carbocycles. The molecule has 0 unspecified atom stereocenters. The van der Waals surface area contributed by atoms with Crippen LogP contribution in [0.3, 0.4) is 0 Å². The Kier molecular flexibility index (Phi) is 5.40. The topological polar surface area (TPSA) is 116 Å². The second-order valence-corrected chi connectivity index (χ2v) is 7.19. The number of fused-ring (bicyclic) bond motifs is 1. The van der Waals surface area contributed by atoms with Crippen LogP contribution in [0.1, 0.15) is 10.4 Å². The Bertz CT molecular complexity index is 1220. The third-order valence-corrected chi connectivity index (χ3v) is 5.20. The van der Waals surface area contributed by atoms with Crippen molar-refractivity contribution in [3.8, 4) is 5.69 Å². The Morgan fingerprint density at radius 3 is 2.50 bits per heavy atom. The zero-order chi connectivity index (χ0) is 21.1. The summed E-state index contributed by atoms with van der Waals surface area (Å²) in [6, 6.07) is 12.2. The van der Waals surface area contributed by atoms with Crippen LogP contribution < -0.4 is 11.1 Å². The Morgan fingerprint density at radius 1 is 1.07 bits per heavy atom. The number of aromatic nitrogens is 4. The van der Waals surface area contributed by atoms with Gasteiger partial charge < -0.3 is 11.1 Å². The van der Waals surface area contributed by atoms with E-state index in [0.717, 1.165) is 0 Å². The third-order valence-electron chi connectivity index (χ3n) is 4.19. The van der Waals surface area contributed by atoms with E-state index in [4.69, 9.17) is 5.73 Å². The van der Waals surface area contributed by atoms with Crippen LogP contribution in [0.25, 0.3) is 16.7 Å². The van der Waals surface area contributed by atoms with E-state index in [0.29, 0.717) is 33.0 Å². The molecule has 0 spiro atoms. The minimum Gasteiger partial charge on any atom is -0.366 e. The molecule has 4 aromatic rings. The van der Waals surface area contributed by atoms with Gasteiger partial charge in [-0.1, -0.05) is 11.8 Å². The molecule has 8 nitrogen and oxygen atoms in total. The largest absolute Gasteiger partial charge is 0.366 e. The molecular weight excluding hydrogens is 407 g/mol. The van der Waals surface area contributed by atoms with Gasteiger partial charge in [0.2, 0.25) is 11.8 Å². The van der Waals surface area contributed by atoms with Crippen molar-refractivity contribution >= 4 is 40.3 Å². The fourth-order valence-corrected chi connectivity index (χ4v) is 3.52. The Labute approximate surface area is 174 Å². The minimum atomic E-state index is -0.530. The van der Waals surface area contributed by atoms with Gasteiger partial charge in [-0.25, -0.2) is 19.0 Å². The van der Waals surface area contributed by atoms with E-state index in [1.165, 1.54) is 30.2 Å². The molecule has 10 heteroatoms. The van der Waals surface area contributed by atoms with Crippen molar-refractivity contribution in [2.75, 3.05) is 11.1 Å². The van der Waals surface area contributed by atoms with Crippen molar-refractivity contribution < 1.29 is 14.0 Å². The van der Waals surface area contributed by atoms with Gasteiger partial charge in [0.05, 0.1) is 23.0 Å². The summed E-state index contributed by atoms with van der Waals surface area (Å²) in [6.07, 6.45) is 3.01. The van der Waals surface area contributed by atoms with Crippen molar-refractivity contribution in [1.82, 2.24) is 19.7 Å². The zero-order valence-electron chi connectivity index (χ0n) is 15.4. The average Bonchev–Trinajstić information content (AvgIpc) is 3.18. The smallest absolute Gasteiger partial charge is 0.248 e. The van der Waals surface area contributed by atoms with Gasteiger partial charge in [-0.05, 0) is 48.5 Å². The maximum Gasteiger partial charge on any atom is 0.248 e. The summed E-state index contributed by atoms with van der Waals surface area (Å²) in [5.74, 6) is -0.982. The van der Waals surface area contributed by atoms with Gasteiger partial charge in [-0.3, -0.25) is 9.59 Å². The summed E-state index contributed by atoms with van der Waals surface area (Å²) in [4.78, 5) is 31.9. The highest BCUT2D eigenvalue weighted by Gasteiger charge is 2.13. The summed E-state index contributed by atoms with van der Waals surface area (Å²) in [5.41, 5.74) is 7.35. The number of anilines is 1. The number of amides is 2. The first-order valence-corrected chi connectivity index (χ1v) is 9.77. The fourth-order valence-electron chi connectivity index (χ4n) is 2.76. The van der Waals surface area contributed by atoms with Crippen LogP contribution in [0.2, 0.25) is 0 Å². The number of nitrogens with zero attached hydrogens (tertiary/aromatic N) is 4. The van der Waals surface area contributed by atoms with Crippen LogP contribution in [0.15, 0.2) is 66.1 Å². The molecule has 2 aromatic carbocycles. The first-order valence-electron chi connectivity index (χ1n) is 8.78. The Morgan fingerprint density at radius 2 is 1.80 bits per heavy atom. The number of hydrogen-bond donors (Lipinski definition) is 2. The molecule has 0 saturated heterocycles. The average molecular weight is 422 g/mol. The second-order valence-electron chi connectivity index (χ2n) is 6.23. The number of carbonyl (C=O) groups is 2. The van der Waals surface area contributed by atoms with Crippen LogP contribution in [0, 0.1) is 5.82 Å². The first kappa shape index (κ1) is 19.5. The fraction of sp³-hybridized carbons (Fsp3) is 0.0500. The number of primary amides is 1. The van der Waals surface area contributed by atoms with E-state index in [1.54, 1.807) is 47.3 Å². The van der Waals surface area contributed by atoms with E-state index in [1.807, 2.05) is 0 Å². The van der Waals surface area contributed by atoms with Crippen LogP contribution in [0.5, 0.6) is 0 Å². The molecule has 0 atom stereocenters. The maximum absolute atomic E-state index is 13.2. The van der Waals surface area contributed by atoms with Crippen LogP contribution in [0.4, 0.5) is 10.1 Å². The molecule has 0 aliphatic heterocycles. The number of nitrogens with one attached hydrogen (secondary N) is 1. The number of hydrogen-bond acceptors (Lipinski definition) is 6. The van der Waals surface area contributed by atoms with E-state index in [9.17, 15) is 14.0 Å². The number of nitrogens with two attached hydrogens (primary N) is 1. The lowest BCUT2D eigenvalue weighted by molar-refractivity contribution is -0.113. The quantitative estimate of drug-likeness (QED) is 0.365. The van der Waals surface area contributed by atoms with Gasteiger partial charge in [0.25, 0.3) is 0 Å². The highest BCUT2D eigenvalue weighted by Crippen LogP contribution is 2.26. The second kappa shape index (κ2) is 8.29. The van der Waals surface area contributed by atoms with Gasteiger partial charge in [-0.15, -0.1) is 0 Å². The Hall–Kier alpha value is -3.79. The molecule has 150 valence electrons. The molecule has 0 radical (unpaired) electrons. The molecule has 0 aliphatic rings. The molecule has 4 rings (SSSR count). The molecule has 2 heterocycles. The molecule has 0 bridgehead atoms.